The summed E-state index contributed by atoms with van der Waals surface area (Å²) in [6, 6.07) is 0. The van der Waals surface area contributed by atoms with E-state index in [0.29, 0.717) is 11.3 Å². The third kappa shape index (κ3) is 3.95. The van der Waals surface area contributed by atoms with Gasteiger partial charge in [0.2, 0.25) is 0 Å². The second kappa shape index (κ2) is 5.73. The van der Waals surface area contributed by atoms with E-state index < -0.39 is 0 Å². The van der Waals surface area contributed by atoms with Crippen LogP contribution in [0.4, 0.5) is 0 Å². The lowest BCUT2D eigenvalue weighted by Gasteiger charge is -2.42. The molecule has 2 fully saturated rings. The highest BCUT2D eigenvalue weighted by Crippen LogP contribution is 2.39. The predicted molar refractivity (Wildman–Crippen MR) is 81.2 cm³/mol. The van der Waals surface area contributed by atoms with Gasteiger partial charge in [-0.2, -0.15) is 0 Å². The van der Waals surface area contributed by atoms with Gasteiger partial charge >= 0.3 is 0 Å². The fraction of sp³-hybridized carbons (Fsp3) is 1.00. The molecule has 0 aromatic carbocycles. The lowest BCUT2D eigenvalue weighted by atomic mass is 9.69. The monoisotopic (exact) mass is 267 g/mol. The van der Waals surface area contributed by atoms with Crippen molar-refractivity contribution in [2.75, 3.05) is 19.6 Å². The first-order valence-electron chi connectivity index (χ1n) is 8.21. The van der Waals surface area contributed by atoms with Crippen LogP contribution in [0.5, 0.6) is 0 Å². The Kier molecular flexibility index (Phi) is 4.62. The summed E-state index contributed by atoms with van der Waals surface area (Å²) in [5, 5.41) is 10.6. The summed E-state index contributed by atoms with van der Waals surface area (Å²) >= 11 is 0. The standard InChI is InChI=1S/C17H33NO/c1-16(2)8-6-11-18(12-10-16)13-14-7-5-9-17(3,4)15(14)19/h14-15,19H,5-13H2,1-4H3. The van der Waals surface area contributed by atoms with E-state index in [0.717, 1.165) is 6.54 Å². The Balaban J connectivity index is 1.90. The van der Waals surface area contributed by atoms with E-state index in [1.165, 1.54) is 51.6 Å². The van der Waals surface area contributed by atoms with Crippen LogP contribution in [-0.2, 0) is 0 Å². The summed E-state index contributed by atoms with van der Waals surface area (Å²) in [5.74, 6) is 0.491. The molecule has 0 spiro atoms. The quantitative estimate of drug-likeness (QED) is 0.825. The summed E-state index contributed by atoms with van der Waals surface area (Å²) in [6.07, 6.45) is 7.54. The molecule has 2 nitrogen and oxygen atoms in total. The fourth-order valence-electron chi connectivity index (χ4n) is 3.95. The normalized spacial score (nSPS) is 35.8. The van der Waals surface area contributed by atoms with Gasteiger partial charge in [-0.15, -0.1) is 0 Å². The lowest BCUT2D eigenvalue weighted by molar-refractivity contribution is -0.0428. The summed E-state index contributed by atoms with van der Waals surface area (Å²) in [6.45, 7) is 12.8. The van der Waals surface area contributed by atoms with Crippen molar-refractivity contribution < 1.29 is 5.11 Å². The van der Waals surface area contributed by atoms with Crippen LogP contribution in [0.15, 0.2) is 0 Å². The van der Waals surface area contributed by atoms with Gasteiger partial charge in [0.15, 0.2) is 0 Å². The molecular formula is C17H33NO. The molecule has 1 heterocycles. The van der Waals surface area contributed by atoms with Gasteiger partial charge < -0.3 is 10.0 Å². The zero-order chi connectivity index (χ0) is 14.1. The summed E-state index contributed by atoms with van der Waals surface area (Å²) in [7, 11) is 0. The predicted octanol–water partition coefficient (Wildman–Crippen LogP) is 3.69. The maximum Gasteiger partial charge on any atom is 0.0631 e. The minimum Gasteiger partial charge on any atom is -0.392 e. The van der Waals surface area contributed by atoms with Gasteiger partial charge in [-0.1, -0.05) is 34.1 Å². The van der Waals surface area contributed by atoms with Crippen LogP contribution in [0.1, 0.15) is 66.2 Å². The highest BCUT2D eigenvalue weighted by molar-refractivity contribution is 4.90. The highest BCUT2D eigenvalue weighted by Gasteiger charge is 2.38. The second-order valence-corrected chi connectivity index (χ2v) is 8.40. The SMILES string of the molecule is CC1(C)CCCN(CC2CCCC(C)(C)C2O)CC1. The Morgan fingerprint density at radius 1 is 1.00 bits per heavy atom. The number of hydrogen-bond acceptors (Lipinski definition) is 2. The van der Waals surface area contributed by atoms with Crippen molar-refractivity contribution in [1.29, 1.82) is 0 Å². The van der Waals surface area contributed by atoms with Gasteiger partial charge in [-0.25, -0.2) is 0 Å². The van der Waals surface area contributed by atoms with Crippen molar-refractivity contribution in [2.24, 2.45) is 16.7 Å². The van der Waals surface area contributed by atoms with Crippen LogP contribution < -0.4 is 0 Å². The topological polar surface area (TPSA) is 23.5 Å². The van der Waals surface area contributed by atoms with E-state index in [9.17, 15) is 5.11 Å². The third-order valence-corrected chi connectivity index (χ3v) is 5.57. The van der Waals surface area contributed by atoms with E-state index in [2.05, 4.69) is 32.6 Å². The number of aliphatic hydroxyl groups is 1. The molecule has 1 aliphatic carbocycles. The Morgan fingerprint density at radius 3 is 2.47 bits per heavy atom. The van der Waals surface area contributed by atoms with Gasteiger partial charge in [-0.05, 0) is 61.9 Å². The number of hydrogen-bond donors (Lipinski definition) is 1. The van der Waals surface area contributed by atoms with E-state index in [1.54, 1.807) is 0 Å². The maximum atomic E-state index is 10.6. The van der Waals surface area contributed by atoms with E-state index in [4.69, 9.17) is 0 Å². The number of aliphatic hydroxyl groups excluding tert-OH is 1. The zero-order valence-electron chi connectivity index (χ0n) is 13.4. The highest BCUT2D eigenvalue weighted by atomic mass is 16.3. The summed E-state index contributed by atoms with van der Waals surface area (Å²) < 4.78 is 0. The van der Waals surface area contributed by atoms with Crippen LogP contribution >= 0.6 is 0 Å². The second-order valence-electron chi connectivity index (χ2n) is 8.40. The van der Waals surface area contributed by atoms with Crippen LogP contribution in [0.2, 0.25) is 0 Å². The summed E-state index contributed by atoms with van der Waals surface area (Å²) in [5.41, 5.74) is 0.632. The van der Waals surface area contributed by atoms with Crippen LogP contribution in [0.3, 0.4) is 0 Å². The van der Waals surface area contributed by atoms with Crippen molar-refractivity contribution in [1.82, 2.24) is 4.90 Å². The van der Waals surface area contributed by atoms with Gasteiger partial charge in [0.05, 0.1) is 6.10 Å². The molecular weight excluding hydrogens is 234 g/mol. The fourth-order valence-corrected chi connectivity index (χ4v) is 3.95. The van der Waals surface area contributed by atoms with E-state index in [1.807, 2.05) is 0 Å². The largest absolute Gasteiger partial charge is 0.392 e. The minimum atomic E-state index is -0.113. The van der Waals surface area contributed by atoms with Crippen LogP contribution in [-0.4, -0.2) is 35.7 Å². The first-order valence-corrected chi connectivity index (χ1v) is 8.21. The lowest BCUT2D eigenvalue weighted by Crippen LogP contribution is -2.45. The molecule has 0 aromatic heterocycles. The molecule has 0 bridgehead atoms. The zero-order valence-corrected chi connectivity index (χ0v) is 13.4. The van der Waals surface area contributed by atoms with Gasteiger partial charge in [0, 0.05) is 6.54 Å². The number of likely N-dealkylation sites (tertiary alicyclic amines) is 1. The molecule has 2 unspecified atom stereocenters. The number of nitrogens with zero attached hydrogens (tertiary/aromatic N) is 1. The molecule has 0 amide bonds. The Bertz CT molecular complexity index is 298. The molecule has 0 aromatic rings. The van der Waals surface area contributed by atoms with Crippen molar-refractivity contribution in [3.8, 4) is 0 Å². The molecule has 112 valence electrons. The number of rotatable bonds is 2. The maximum absolute atomic E-state index is 10.6. The Hall–Kier alpha value is -0.0800. The molecule has 2 atom stereocenters. The van der Waals surface area contributed by atoms with Crippen LogP contribution in [0, 0.1) is 16.7 Å². The van der Waals surface area contributed by atoms with E-state index >= 15 is 0 Å². The molecule has 1 saturated carbocycles. The molecule has 1 saturated heterocycles. The molecule has 1 N–H and O–H groups in total. The molecule has 19 heavy (non-hydrogen) atoms. The first kappa shape index (κ1) is 15.3. The Labute approximate surface area is 119 Å². The molecule has 2 heteroatoms. The van der Waals surface area contributed by atoms with E-state index in [-0.39, 0.29) is 11.5 Å². The van der Waals surface area contributed by atoms with Gasteiger partial charge in [0.25, 0.3) is 0 Å². The summed E-state index contributed by atoms with van der Waals surface area (Å²) in [4.78, 5) is 2.62. The smallest absolute Gasteiger partial charge is 0.0631 e. The van der Waals surface area contributed by atoms with Crippen molar-refractivity contribution in [3.05, 3.63) is 0 Å². The minimum absolute atomic E-state index is 0.113. The molecule has 2 rings (SSSR count). The molecule has 1 aliphatic heterocycles. The molecule has 0 radical (unpaired) electrons. The van der Waals surface area contributed by atoms with Gasteiger partial charge in [0.1, 0.15) is 0 Å². The third-order valence-electron chi connectivity index (χ3n) is 5.57. The van der Waals surface area contributed by atoms with Gasteiger partial charge in [-0.3, -0.25) is 0 Å². The van der Waals surface area contributed by atoms with Crippen molar-refractivity contribution in [2.45, 2.75) is 72.3 Å². The average molecular weight is 267 g/mol. The molecule has 2 aliphatic rings. The first-order chi connectivity index (χ1) is 8.80. The van der Waals surface area contributed by atoms with Crippen LogP contribution in [0.25, 0.3) is 0 Å². The van der Waals surface area contributed by atoms with Crippen molar-refractivity contribution in [3.63, 3.8) is 0 Å². The average Bonchev–Trinajstić information content (AvgIpc) is 2.47. The van der Waals surface area contributed by atoms with Crippen molar-refractivity contribution >= 4 is 0 Å². The Morgan fingerprint density at radius 2 is 1.74 bits per heavy atom.